The van der Waals surface area contributed by atoms with E-state index >= 15 is 0 Å². The molecule has 1 aliphatic heterocycles. The number of methoxy groups -OCH3 is 1. The van der Waals surface area contributed by atoms with Crippen LogP contribution in [-0.2, 0) is 23.4 Å². The largest absolute Gasteiger partial charge is 0.468 e. The molecule has 1 aromatic carbocycles. The number of aromatic nitrogens is 4. The summed E-state index contributed by atoms with van der Waals surface area (Å²) in [7, 11) is -3.15. The van der Waals surface area contributed by atoms with Crippen molar-refractivity contribution in [3.8, 4) is 5.75 Å². The maximum atomic E-state index is 13.9. The molecule has 3 aromatic rings. The number of aliphatic hydroxyl groups excluding tert-OH is 1. The van der Waals surface area contributed by atoms with Gasteiger partial charge in [-0.1, -0.05) is 11.6 Å². The van der Waals surface area contributed by atoms with Crippen molar-refractivity contribution < 1.29 is 38.1 Å². The van der Waals surface area contributed by atoms with Gasteiger partial charge >= 0.3 is 13.7 Å². The molecule has 5 atom stereocenters. The van der Waals surface area contributed by atoms with Crippen LogP contribution >= 0.6 is 19.3 Å². The van der Waals surface area contributed by atoms with Gasteiger partial charge in [0.15, 0.2) is 23.2 Å². The summed E-state index contributed by atoms with van der Waals surface area (Å²) in [6, 6.07) is 5.97. The number of esters is 1. The van der Waals surface area contributed by atoms with E-state index in [0.29, 0.717) is 28.5 Å². The second-order valence-electron chi connectivity index (χ2n) is 10.1. The molecule has 1 saturated heterocycles. The Kier molecular flexibility index (Phi) is 8.92. The molecule has 224 valence electrons. The zero-order chi connectivity index (χ0) is 30.2. The lowest BCUT2D eigenvalue weighted by Gasteiger charge is -2.29. The molecule has 0 saturated carbocycles. The van der Waals surface area contributed by atoms with Gasteiger partial charge in [-0.25, -0.2) is 25.4 Å². The Morgan fingerprint density at radius 2 is 2.00 bits per heavy atom. The molecule has 5 N–H and O–H groups in total. The summed E-state index contributed by atoms with van der Waals surface area (Å²) in [5.41, 5.74) is -2.70. The SMILES string of the molecule is CCN(N)c1ncnc2c1ncn2C1OC(COP(=O)(NC(C)(C)C(=O)OC)Oc2ccc(Cl)cc2)[C@@H](O)[C@@]1(C)O. The van der Waals surface area contributed by atoms with Gasteiger partial charge in [0, 0.05) is 11.6 Å². The van der Waals surface area contributed by atoms with Crippen molar-refractivity contribution in [1.82, 2.24) is 24.6 Å². The van der Waals surface area contributed by atoms with Crippen LogP contribution in [0.2, 0.25) is 5.02 Å². The lowest BCUT2D eigenvalue weighted by Crippen LogP contribution is -2.47. The average molecular weight is 614 g/mol. The van der Waals surface area contributed by atoms with Crippen molar-refractivity contribution >= 4 is 42.3 Å². The fourth-order valence-corrected chi connectivity index (χ4v) is 6.09. The maximum Gasteiger partial charge on any atom is 0.459 e. The molecular weight excluding hydrogens is 581 g/mol. The van der Waals surface area contributed by atoms with E-state index in [2.05, 4.69) is 20.0 Å². The van der Waals surface area contributed by atoms with Gasteiger partial charge in [-0.05, 0) is 52.0 Å². The van der Waals surface area contributed by atoms with E-state index < -0.39 is 49.9 Å². The van der Waals surface area contributed by atoms with Crippen molar-refractivity contribution in [3.63, 3.8) is 0 Å². The van der Waals surface area contributed by atoms with E-state index in [1.807, 2.05) is 6.92 Å². The number of hydrogen-bond donors (Lipinski definition) is 4. The number of fused-ring (bicyclic) bond motifs is 1. The van der Waals surface area contributed by atoms with Crippen LogP contribution in [0.5, 0.6) is 5.75 Å². The van der Waals surface area contributed by atoms with E-state index in [0.717, 1.165) is 0 Å². The van der Waals surface area contributed by atoms with Crippen molar-refractivity contribution in [2.24, 2.45) is 5.84 Å². The first-order chi connectivity index (χ1) is 19.2. The molecule has 1 aliphatic rings. The fraction of sp³-hybridized carbons (Fsp3) is 0.500. The van der Waals surface area contributed by atoms with E-state index in [1.54, 1.807) is 0 Å². The highest BCUT2D eigenvalue weighted by Gasteiger charge is 2.54. The van der Waals surface area contributed by atoms with E-state index in [-0.39, 0.29) is 5.75 Å². The number of hydrogen-bond acceptors (Lipinski definition) is 13. The summed E-state index contributed by atoms with van der Waals surface area (Å²) in [5.74, 6) is 5.78. The molecular formula is C24H33ClN7O8P. The highest BCUT2D eigenvalue weighted by molar-refractivity contribution is 7.52. The van der Waals surface area contributed by atoms with Gasteiger partial charge in [0.2, 0.25) is 0 Å². The molecule has 0 spiro atoms. The highest BCUT2D eigenvalue weighted by Crippen LogP contribution is 2.48. The fourth-order valence-electron chi connectivity index (χ4n) is 4.28. The third kappa shape index (κ3) is 6.32. The van der Waals surface area contributed by atoms with Crippen molar-refractivity contribution in [3.05, 3.63) is 41.9 Å². The van der Waals surface area contributed by atoms with Gasteiger partial charge in [-0.15, -0.1) is 0 Å². The van der Waals surface area contributed by atoms with Crippen molar-refractivity contribution in [2.45, 2.75) is 57.3 Å². The van der Waals surface area contributed by atoms with Crippen LogP contribution in [0.1, 0.15) is 33.9 Å². The number of benzene rings is 1. The number of hydrazine groups is 1. The number of anilines is 1. The number of ether oxygens (including phenoxy) is 2. The van der Waals surface area contributed by atoms with Crippen molar-refractivity contribution in [1.29, 1.82) is 0 Å². The zero-order valence-electron chi connectivity index (χ0n) is 23.1. The molecule has 3 heterocycles. The highest BCUT2D eigenvalue weighted by atomic mass is 35.5. The Hall–Kier alpha value is -2.88. The second kappa shape index (κ2) is 11.8. The Labute approximate surface area is 241 Å². The molecule has 0 aliphatic carbocycles. The van der Waals surface area contributed by atoms with Gasteiger partial charge in [-0.3, -0.25) is 18.9 Å². The number of nitrogens with zero attached hydrogens (tertiary/aromatic N) is 5. The Balaban J connectivity index is 1.59. The molecule has 2 aromatic heterocycles. The number of carbonyl (C=O) groups is 1. The van der Waals surface area contributed by atoms with Crippen LogP contribution in [0.4, 0.5) is 5.82 Å². The Morgan fingerprint density at radius 1 is 1.32 bits per heavy atom. The van der Waals surface area contributed by atoms with Crippen molar-refractivity contribution in [2.75, 3.05) is 25.3 Å². The Bertz CT molecular complexity index is 1440. The summed E-state index contributed by atoms with van der Waals surface area (Å²) < 4.78 is 37.5. The van der Waals surface area contributed by atoms with Gasteiger partial charge in [0.1, 0.15) is 35.4 Å². The summed E-state index contributed by atoms with van der Waals surface area (Å²) in [5, 5.41) is 26.7. The molecule has 0 bridgehead atoms. The number of halogens is 1. The van der Waals surface area contributed by atoms with Crippen LogP contribution < -0.4 is 20.5 Å². The monoisotopic (exact) mass is 613 g/mol. The number of aliphatic hydroxyl groups is 2. The molecule has 1 fully saturated rings. The lowest BCUT2D eigenvalue weighted by atomic mass is 9.96. The third-order valence-corrected chi connectivity index (χ3v) is 8.54. The molecule has 4 rings (SSSR count). The van der Waals surface area contributed by atoms with Crippen LogP contribution in [-0.4, -0.2) is 79.3 Å². The lowest BCUT2D eigenvalue weighted by molar-refractivity contribution is -0.146. The van der Waals surface area contributed by atoms with Gasteiger partial charge in [0.25, 0.3) is 0 Å². The minimum atomic E-state index is -4.33. The molecule has 41 heavy (non-hydrogen) atoms. The van der Waals surface area contributed by atoms with Crippen LogP contribution in [0.25, 0.3) is 11.2 Å². The molecule has 0 amide bonds. The topological polar surface area (TPSA) is 196 Å². The van der Waals surface area contributed by atoms with E-state index in [1.165, 1.54) is 74.4 Å². The summed E-state index contributed by atoms with van der Waals surface area (Å²) in [6.45, 7) is 6.02. The number of nitrogens with one attached hydrogen (secondary N) is 1. The van der Waals surface area contributed by atoms with Crippen LogP contribution in [0.15, 0.2) is 36.9 Å². The number of carbonyl (C=O) groups excluding carboxylic acids is 1. The van der Waals surface area contributed by atoms with Gasteiger partial charge in [0.05, 0.1) is 20.0 Å². The molecule has 15 nitrogen and oxygen atoms in total. The standard InChI is InChI=1S/C24H33ClN7O8P/c1-6-32(26)20-17-19(27-12-28-20)31(13-29-17)21-24(4,35)18(33)16(39-21)11-38-41(36,30-23(2,3)22(34)37-5)40-15-9-7-14(25)8-10-15/h7-10,12-13,16,18,21,33,35H,6,11,26H2,1-5H3,(H,30,36)/t16?,18-,21?,24-,41?/m1/s1. The second-order valence-corrected chi connectivity index (χ2v) is 12.2. The van der Waals surface area contributed by atoms with Gasteiger partial charge < -0.3 is 24.2 Å². The molecule has 3 unspecified atom stereocenters. The van der Waals surface area contributed by atoms with E-state index in [4.69, 9.17) is 36.0 Å². The first kappa shape index (κ1) is 31.1. The van der Waals surface area contributed by atoms with E-state index in [9.17, 15) is 19.6 Å². The number of rotatable bonds is 11. The summed E-state index contributed by atoms with van der Waals surface area (Å²) in [6.07, 6.45) is -1.20. The quantitative estimate of drug-likeness (QED) is 0.106. The summed E-state index contributed by atoms with van der Waals surface area (Å²) >= 11 is 5.94. The predicted molar refractivity (Wildman–Crippen MR) is 148 cm³/mol. The van der Waals surface area contributed by atoms with Gasteiger partial charge in [-0.2, -0.15) is 5.09 Å². The molecule has 17 heteroatoms. The number of imidazole rings is 1. The molecule has 0 radical (unpaired) electrons. The minimum Gasteiger partial charge on any atom is -0.468 e. The zero-order valence-corrected chi connectivity index (χ0v) is 24.7. The van der Waals surface area contributed by atoms with Crippen LogP contribution in [0, 0.1) is 0 Å². The normalized spacial score (nSPS) is 24.3. The maximum absolute atomic E-state index is 13.9. The Morgan fingerprint density at radius 3 is 2.63 bits per heavy atom. The smallest absolute Gasteiger partial charge is 0.459 e. The first-order valence-corrected chi connectivity index (χ1v) is 14.5. The third-order valence-electron chi connectivity index (χ3n) is 6.52. The minimum absolute atomic E-state index is 0.130. The average Bonchev–Trinajstić information content (AvgIpc) is 3.45. The van der Waals surface area contributed by atoms with Crippen LogP contribution in [0.3, 0.4) is 0 Å². The predicted octanol–water partition coefficient (Wildman–Crippen LogP) is 1.93. The summed E-state index contributed by atoms with van der Waals surface area (Å²) in [4.78, 5) is 25.1. The number of nitrogens with two attached hydrogens (primary N) is 1. The first-order valence-electron chi connectivity index (χ1n) is 12.6.